The minimum atomic E-state index is -1.39. The van der Waals surface area contributed by atoms with Crippen molar-refractivity contribution in [3.05, 3.63) is 24.3 Å². The van der Waals surface area contributed by atoms with Crippen LogP contribution in [0.1, 0.15) is 65.7 Å². The maximum atomic E-state index is 12.3. The maximum absolute atomic E-state index is 12.3. The average molecular weight is 364 g/mol. The molecule has 5 nitrogen and oxygen atoms in total. The van der Waals surface area contributed by atoms with E-state index in [-0.39, 0.29) is 23.4 Å². The molecule has 4 atom stereocenters. The topological polar surface area (TPSA) is 76.1 Å². The van der Waals surface area contributed by atoms with Gasteiger partial charge in [0, 0.05) is 12.0 Å². The third-order valence-electron chi connectivity index (χ3n) is 5.66. The number of fused-ring (bicyclic) bond motifs is 1. The van der Waals surface area contributed by atoms with E-state index >= 15 is 0 Å². The highest BCUT2D eigenvalue weighted by Gasteiger charge is 2.52. The SMILES string of the molecule is C=C(C(=O)OCC)[C@@H]1CC[C@@](C)(O)C(=O)CC/C=C/CC[C@]2(C)O[C@H]2C1. The van der Waals surface area contributed by atoms with E-state index in [9.17, 15) is 14.7 Å². The lowest BCUT2D eigenvalue weighted by molar-refractivity contribution is -0.139. The summed E-state index contributed by atoms with van der Waals surface area (Å²) in [5.74, 6) is -0.735. The van der Waals surface area contributed by atoms with Crippen LogP contribution in [0, 0.1) is 5.92 Å². The van der Waals surface area contributed by atoms with Gasteiger partial charge in [0.25, 0.3) is 0 Å². The van der Waals surface area contributed by atoms with Crippen molar-refractivity contribution in [2.24, 2.45) is 5.92 Å². The molecule has 1 saturated heterocycles. The summed E-state index contributed by atoms with van der Waals surface area (Å²) in [7, 11) is 0. The lowest BCUT2D eigenvalue weighted by Gasteiger charge is -2.25. The molecule has 0 unspecified atom stereocenters. The second kappa shape index (κ2) is 8.49. The number of hydrogen-bond donors (Lipinski definition) is 1. The fraction of sp³-hybridized carbons (Fsp3) is 0.714. The average Bonchev–Trinajstić information content (AvgIpc) is 3.23. The quantitative estimate of drug-likeness (QED) is 0.359. The van der Waals surface area contributed by atoms with Gasteiger partial charge >= 0.3 is 5.97 Å². The van der Waals surface area contributed by atoms with Gasteiger partial charge in [0.15, 0.2) is 5.78 Å². The molecule has 0 spiro atoms. The number of ketones is 1. The molecule has 0 aromatic carbocycles. The van der Waals surface area contributed by atoms with Crippen LogP contribution in [-0.4, -0.2) is 40.8 Å². The zero-order chi connectivity index (χ0) is 19.4. The number of esters is 1. The van der Waals surface area contributed by atoms with E-state index in [4.69, 9.17) is 9.47 Å². The number of allylic oxidation sites excluding steroid dienone is 2. The van der Waals surface area contributed by atoms with Crippen molar-refractivity contribution in [3.63, 3.8) is 0 Å². The third-order valence-corrected chi connectivity index (χ3v) is 5.66. The van der Waals surface area contributed by atoms with Gasteiger partial charge in [-0.1, -0.05) is 18.7 Å². The van der Waals surface area contributed by atoms with Gasteiger partial charge in [0.2, 0.25) is 0 Å². The van der Waals surface area contributed by atoms with Crippen molar-refractivity contribution < 1.29 is 24.2 Å². The molecular formula is C21H32O5. The number of Topliss-reactive ketones (excluding diaryl/α,β-unsaturated/α-hetero) is 1. The number of carbonyl (C=O) groups excluding carboxylic acids is 2. The molecule has 1 aliphatic carbocycles. The summed E-state index contributed by atoms with van der Waals surface area (Å²) < 4.78 is 11.0. The van der Waals surface area contributed by atoms with Gasteiger partial charge in [-0.05, 0) is 65.2 Å². The highest BCUT2D eigenvalue weighted by atomic mass is 16.6. The number of rotatable bonds is 3. The van der Waals surface area contributed by atoms with Crippen LogP contribution in [0.3, 0.4) is 0 Å². The summed E-state index contributed by atoms with van der Waals surface area (Å²) in [6.45, 7) is 9.65. The van der Waals surface area contributed by atoms with Gasteiger partial charge in [-0.15, -0.1) is 0 Å². The largest absolute Gasteiger partial charge is 0.463 e. The van der Waals surface area contributed by atoms with E-state index in [0.717, 1.165) is 12.8 Å². The number of hydrogen-bond acceptors (Lipinski definition) is 5. The molecule has 1 aliphatic heterocycles. The van der Waals surface area contributed by atoms with Crippen molar-refractivity contribution in [2.45, 2.75) is 83.0 Å². The molecule has 0 bridgehead atoms. The summed E-state index contributed by atoms with van der Waals surface area (Å²) in [5, 5.41) is 10.6. The van der Waals surface area contributed by atoms with E-state index in [2.05, 4.69) is 19.6 Å². The van der Waals surface area contributed by atoms with Gasteiger partial charge in [-0.25, -0.2) is 4.79 Å². The Bertz CT molecular complexity index is 577. The Kier molecular flexibility index (Phi) is 6.80. The second-order valence-corrected chi connectivity index (χ2v) is 7.88. The molecule has 1 N–H and O–H groups in total. The Morgan fingerprint density at radius 2 is 2.04 bits per heavy atom. The van der Waals surface area contributed by atoms with Gasteiger partial charge in [-0.2, -0.15) is 0 Å². The van der Waals surface area contributed by atoms with Gasteiger partial charge in [0.05, 0.1) is 18.3 Å². The molecular weight excluding hydrogens is 332 g/mol. The van der Waals surface area contributed by atoms with E-state index < -0.39 is 11.6 Å². The van der Waals surface area contributed by atoms with Crippen LogP contribution in [-0.2, 0) is 19.1 Å². The molecule has 1 heterocycles. The van der Waals surface area contributed by atoms with E-state index in [1.54, 1.807) is 13.8 Å². The highest BCUT2D eigenvalue weighted by Crippen LogP contribution is 2.45. The van der Waals surface area contributed by atoms with Crippen LogP contribution < -0.4 is 0 Å². The molecule has 2 rings (SSSR count). The molecule has 0 radical (unpaired) electrons. The number of aliphatic hydroxyl groups is 1. The maximum Gasteiger partial charge on any atom is 0.333 e. The fourth-order valence-corrected chi connectivity index (χ4v) is 3.58. The molecule has 0 amide bonds. The molecule has 0 saturated carbocycles. The molecule has 2 aliphatic rings. The molecule has 0 aromatic heterocycles. The standard InChI is InChI=1S/C21H32O5/c1-5-25-19(23)15(2)16-11-13-20(3,24)17(22)10-8-6-7-9-12-21(4)18(14-16)26-21/h6-7,16,18,24H,2,5,8-14H2,1,3-4H3/b7-6+/t16-,18+,20-,21+/m1/s1. The van der Waals surface area contributed by atoms with Crippen molar-refractivity contribution in [3.8, 4) is 0 Å². The summed E-state index contributed by atoms with van der Waals surface area (Å²) in [4.78, 5) is 24.5. The molecule has 0 aromatic rings. The summed E-state index contributed by atoms with van der Waals surface area (Å²) in [6.07, 6.45) is 8.36. The van der Waals surface area contributed by atoms with Crippen molar-refractivity contribution in [2.75, 3.05) is 6.61 Å². The fourth-order valence-electron chi connectivity index (χ4n) is 3.58. The zero-order valence-electron chi connectivity index (χ0n) is 16.3. The van der Waals surface area contributed by atoms with Crippen LogP contribution in [0.25, 0.3) is 0 Å². The zero-order valence-corrected chi connectivity index (χ0v) is 16.3. The third kappa shape index (κ3) is 5.27. The first-order valence-corrected chi connectivity index (χ1v) is 9.64. The Morgan fingerprint density at radius 1 is 1.35 bits per heavy atom. The molecule has 26 heavy (non-hydrogen) atoms. The Balaban J connectivity index is 2.15. The highest BCUT2D eigenvalue weighted by molar-refractivity contribution is 5.88. The summed E-state index contributed by atoms with van der Waals surface area (Å²) in [6, 6.07) is 0. The number of ether oxygens (including phenoxy) is 2. The monoisotopic (exact) mass is 364 g/mol. The van der Waals surface area contributed by atoms with E-state index in [1.165, 1.54) is 0 Å². The van der Waals surface area contributed by atoms with Crippen LogP contribution in [0.5, 0.6) is 0 Å². The molecule has 146 valence electrons. The van der Waals surface area contributed by atoms with E-state index in [0.29, 0.717) is 44.3 Å². The van der Waals surface area contributed by atoms with Crippen LogP contribution in [0.15, 0.2) is 24.3 Å². The first-order chi connectivity index (χ1) is 12.2. The number of carbonyl (C=O) groups is 2. The lowest BCUT2D eigenvalue weighted by Crippen LogP contribution is -2.36. The Labute approximate surface area is 156 Å². The van der Waals surface area contributed by atoms with Crippen molar-refractivity contribution in [1.82, 2.24) is 0 Å². The second-order valence-electron chi connectivity index (χ2n) is 7.88. The predicted octanol–water partition coefficient (Wildman–Crippen LogP) is 3.50. The lowest BCUT2D eigenvalue weighted by atomic mass is 9.82. The minimum Gasteiger partial charge on any atom is -0.463 e. The van der Waals surface area contributed by atoms with Crippen molar-refractivity contribution >= 4 is 11.8 Å². The van der Waals surface area contributed by atoms with Crippen molar-refractivity contribution in [1.29, 1.82) is 0 Å². The van der Waals surface area contributed by atoms with Gasteiger partial charge in [0.1, 0.15) is 5.60 Å². The van der Waals surface area contributed by atoms with Crippen LogP contribution >= 0.6 is 0 Å². The van der Waals surface area contributed by atoms with Crippen LogP contribution in [0.2, 0.25) is 0 Å². The predicted molar refractivity (Wildman–Crippen MR) is 99.6 cm³/mol. The smallest absolute Gasteiger partial charge is 0.333 e. The van der Waals surface area contributed by atoms with Gasteiger partial charge in [-0.3, -0.25) is 4.79 Å². The minimum absolute atomic E-state index is 0.0654. The summed E-state index contributed by atoms with van der Waals surface area (Å²) >= 11 is 0. The number of epoxide rings is 1. The first kappa shape index (κ1) is 20.8. The molecule has 5 heteroatoms. The Hall–Kier alpha value is -1.46. The van der Waals surface area contributed by atoms with Crippen LogP contribution in [0.4, 0.5) is 0 Å². The summed E-state index contributed by atoms with van der Waals surface area (Å²) in [5.41, 5.74) is -1.15. The molecule has 1 fully saturated rings. The normalized spacial score (nSPS) is 37.2. The first-order valence-electron chi connectivity index (χ1n) is 9.64. The Morgan fingerprint density at radius 3 is 2.73 bits per heavy atom. The van der Waals surface area contributed by atoms with Gasteiger partial charge < -0.3 is 14.6 Å². The van der Waals surface area contributed by atoms with E-state index in [1.807, 2.05) is 6.08 Å².